The lowest BCUT2D eigenvalue weighted by Crippen LogP contribution is -2.43. The predicted octanol–water partition coefficient (Wildman–Crippen LogP) is 2.51. The number of morpholine rings is 1. The van der Waals surface area contributed by atoms with Crippen LogP contribution in [0.4, 0.5) is 0 Å². The fourth-order valence-electron chi connectivity index (χ4n) is 1.84. The van der Waals surface area contributed by atoms with Crippen molar-refractivity contribution in [2.45, 2.75) is 38.7 Å². The summed E-state index contributed by atoms with van der Waals surface area (Å²) in [4.78, 5) is 2.48. The molecule has 0 N–H and O–H groups in total. The summed E-state index contributed by atoms with van der Waals surface area (Å²) < 4.78 is 5.51. The highest BCUT2D eigenvalue weighted by atomic mass is 35.5. The molecule has 0 aromatic heterocycles. The van der Waals surface area contributed by atoms with Crippen molar-refractivity contribution >= 4 is 11.6 Å². The van der Waals surface area contributed by atoms with Crippen LogP contribution in [-0.2, 0) is 4.74 Å². The van der Waals surface area contributed by atoms with Crippen molar-refractivity contribution < 1.29 is 4.74 Å². The Labute approximate surface area is 92.6 Å². The minimum atomic E-state index is 0.261. The maximum absolute atomic E-state index is 5.78. The molecular weight excluding hydrogens is 198 g/mol. The second-order valence-corrected chi connectivity index (χ2v) is 4.32. The summed E-state index contributed by atoms with van der Waals surface area (Å²) in [5.41, 5.74) is 0. The number of unbranched alkanes of at least 4 members (excludes halogenated alkanes) is 3. The monoisotopic (exact) mass is 219 g/mol. The third-order valence-electron chi connectivity index (χ3n) is 2.72. The first-order valence-corrected chi connectivity index (χ1v) is 6.30. The second kappa shape index (κ2) is 7.49. The molecule has 0 radical (unpaired) electrons. The van der Waals surface area contributed by atoms with E-state index in [4.69, 9.17) is 16.3 Å². The molecule has 1 unspecified atom stereocenters. The molecule has 1 saturated heterocycles. The highest BCUT2D eigenvalue weighted by Crippen LogP contribution is 2.08. The van der Waals surface area contributed by atoms with E-state index in [1.807, 2.05) is 0 Å². The summed E-state index contributed by atoms with van der Waals surface area (Å²) in [6.45, 7) is 6.43. The van der Waals surface area contributed by atoms with Gasteiger partial charge >= 0.3 is 0 Å². The number of alkyl halides is 1. The topological polar surface area (TPSA) is 12.5 Å². The van der Waals surface area contributed by atoms with Crippen molar-refractivity contribution in [1.82, 2.24) is 4.90 Å². The lowest BCUT2D eigenvalue weighted by molar-refractivity contribution is -0.0167. The normalized spacial score (nSPS) is 24.0. The van der Waals surface area contributed by atoms with Crippen molar-refractivity contribution in [1.29, 1.82) is 0 Å². The zero-order valence-electron chi connectivity index (χ0n) is 9.17. The maximum atomic E-state index is 5.78. The largest absolute Gasteiger partial charge is 0.374 e. The average molecular weight is 220 g/mol. The van der Waals surface area contributed by atoms with Crippen LogP contribution in [0.15, 0.2) is 0 Å². The molecule has 0 bridgehead atoms. The van der Waals surface area contributed by atoms with E-state index in [0.717, 1.165) is 19.7 Å². The molecule has 1 aliphatic heterocycles. The zero-order valence-corrected chi connectivity index (χ0v) is 9.93. The van der Waals surface area contributed by atoms with Gasteiger partial charge in [-0.05, 0) is 13.0 Å². The maximum Gasteiger partial charge on any atom is 0.0837 e. The number of rotatable bonds is 6. The first-order chi connectivity index (χ1) is 6.86. The second-order valence-electron chi connectivity index (χ2n) is 4.01. The molecule has 2 nitrogen and oxygen atoms in total. The molecule has 0 amide bonds. The van der Waals surface area contributed by atoms with Gasteiger partial charge < -0.3 is 4.74 Å². The molecule has 0 aliphatic carbocycles. The van der Waals surface area contributed by atoms with Crippen LogP contribution in [0, 0.1) is 0 Å². The van der Waals surface area contributed by atoms with Gasteiger partial charge in [0, 0.05) is 19.0 Å². The van der Waals surface area contributed by atoms with Crippen molar-refractivity contribution in [2.75, 3.05) is 32.1 Å². The summed E-state index contributed by atoms with van der Waals surface area (Å²) in [7, 11) is 0. The fourth-order valence-corrected chi connectivity index (χ4v) is 2.03. The van der Waals surface area contributed by atoms with Crippen LogP contribution in [0.2, 0.25) is 0 Å². The number of nitrogens with zero attached hydrogens (tertiary/aromatic N) is 1. The lowest BCUT2D eigenvalue weighted by Gasteiger charge is -2.31. The first-order valence-electron chi connectivity index (χ1n) is 5.76. The van der Waals surface area contributed by atoms with E-state index in [0.29, 0.717) is 5.88 Å². The Morgan fingerprint density at radius 2 is 2.21 bits per heavy atom. The lowest BCUT2D eigenvalue weighted by atomic mass is 10.2. The molecule has 0 spiro atoms. The molecule has 1 aliphatic rings. The molecule has 0 saturated carbocycles. The van der Waals surface area contributed by atoms with Gasteiger partial charge in [0.2, 0.25) is 0 Å². The molecule has 1 heterocycles. The standard InChI is InChI=1S/C11H22ClNO/c1-2-3-4-5-6-13-7-8-14-11(9-12)10-13/h11H,2-10H2,1H3. The Bertz CT molecular complexity index is 143. The smallest absolute Gasteiger partial charge is 0.0837 e. The minimum absolute atomic E-state index is 0.261. The molecule has 3 heteroatoms. The van der Waals surface area contributed by atoms with Crippen molar-refractivity contribution in [3.63, 3.8) is 0 Å². The van der Waals surface area contributed by atoms with Crippen LogP contribution < -0.4 is 0 Å². The van der Waals surface area contributed by atoms with Gasteiger partial charge in [-0.2, -0.15) is 0 Å². The summed E-state index contributed by atoms with van der Waals surface area (Å²) in [6, 6.07) is 0. The average Bonchev–Trinajstić information content (AvgIpc) is 2.25. The van der Waals surface area contributed by atoms with Gasteiger partial charge in [-0.25, -0.2) is 0 Å². The summed E-state index contributed by atoms with van der Waals surface area (Å²) >= 11 is 5.78. The van der Waals surface area contributed by atoms with Gasteiger partial charge in [0.1, 0.15) is 0 Å². The Hall–Kier alpha value is 0.210. The van der Waals surface area contributed by atoms with Crippen molar-refractivity contribution in [3.05, 3.63) is 0 Å². The van der Waals surface area contributed by atoms with Gasteiger partial charge in [0.05, 0.1) is 12.7 Å². The zero-order chi connectivity index (χ0) is 10.2. The quantitative estimate of drug-likeness (QED) is 0.503. The number of hydrogen-bond acceptors (Lipinski definition) is 2. The van der Waals surface area contributed by atoms with E-state index < -0.39 is 0 Å². The third kappa shape index (κ3) is 4.63. The van der Waals surface area contributed by atoms with Gasteiger partial charge in [-0.1, -0.05) is 26.2 Å². The van der Waals surface area contributed by atoms with Crippen LogP contribution in [0.25, 0.3) is 0 Å². The van der Waals surface area contributed by atoms with Crippen LogP contribution in [0.3, 0.4) is 0 Å². The van der Waals surface area contributed by atoms with Crippen LogP contribution in [0.1, 0.15) is 32.6 Å². The van der Waals surface area contributed by atoms with Gasteiger partial charge in [-0.15, -0.1) is 11.6 Å². The van der Waals surface area contributed by atoms with E-state index in [9.17, 15) is 0 Å². The number of hydrogen-bond donors (Lipinski definition) is 0. The Morgan fingerprint density at radius 3 is 2.93 bits per heavy atom. The predicted molar refractivity (Wildman–Crippen MR) is 61.0 cm³/mol. The molecule has 84 valence electrons. The molecule has 1 rings (SSSR count). The third-order valence-corrected chi connectivity index (χ3v) is 3.07. The Kier molecular flexibility index (Phi) is 6.57. The number of halogens is 1. The summed E-state index contributed by atoms with van der Waals surface area (Å²) in [5.74, 6) is 0.630. The van der Waals surface area contributed by atoms with E-state index in [2.05, 4.69) is 11.8 Å². The molecule has 0 aromatic rings. The van der Waals surface area contributed by atoms with E-state index >= 15 is 0 Å². The van der Waals surface area contributed by atoms with E-state index in [-0.39, 0.29) is 6.10 Å². The molecule has 1 atom stereocenters. The van der Waals surface area contributed by atoms with E-state index in [1.54, 1.807) is 0 Å². The van der Waals surface area contributed by atoms with Crippen LogP contribution in [0.5, 0.6) is 0 Å². The Morgan fingerprint density at radius 1 is 1.36 bits per heavy atom. The summed E-state index contributed by atoms with van der Waals surface area (Å²) in [6.07, 6.45) is 5.62. The molecule has 1 fully saturated rings. The minimum Gasteiger partial charge on any atom is -0.374 e. The van der Waals surface area contributed by atoms with E-state index in [1.165, 1.54) is 32.2 Å². The van der Waals surface area contributed by atoms with Crippen molar-refractivity contribution in [2.24, 2.45) is 0 Å². The molecule has 14 heavy (non-hydrogen) atoms. The van der Waals surface area contributed by atoms with Gasteiger partial charge in [0.25, 0.3) is 0 Å². The molecule has 0 aromatic carbocycles. The van der Waals surface area contributed by atoms with Gasteiger partial charge in [-0.3, -0.25) is 4.90 Å². The highest BCUT2D eigenvalue weighted by Gasteiger charge is 2.18. The first kappa shape index (κ1) is 12.3. The SMILES string of the molecule is CCCCCCN1CCOC(CCl)C1. The van der Waals surface area contributed by atoms with Crippen LogP contribution >= 0.6 is 11.6 Å². The number of ether oxygens (including phenoxy) is 1. The van der Waals surface area contributed by atoms with Crippen molar-refractivity contribution in [3.8, 4) is 0 Å². The molecular formula is C11H22ClNO. The fraction of sp³-hybridized carbons (Fsp3) is 1.00. The Balaban J connectivity index is 2.05. The highest BCUT2D eigenvalue weighted by molar-refractivity contribution is 6.18. The van der Waals surface area contributed by atoms with Crippen LogP contribution in [-0.4, -0.2) is 43.1 Å². The van der Waals surface area contributed by atoms with Gasteiger partial charge in [0.15, 0.2) is 0 Å². The summed E-state index contributed by atoms with van der Waals surface area (Å²) in [5, 5.41) is 0.